The number of rotatable bonds is 8. The minimum absolute atomic E-state index is 0.0377. The third-order valence-electron chi connectivity index (χ3n) is 2.13. The van der Waals surface area contributed by atoms with Crippen molar-refractivity contribution in [1.82, 2.24) is 4.72 Å². The van der Waals surface area contributed by atoms with E-state index in [1.165, 1.54) is 24.3 Å². The van der Waals surface area contributed by atoms with Gasteiger partial charge in [-0.1, -0.05) is 0 Å². The number of carbonyl (C=O) groups excluding carboxylic acids is 1. The molecule has 0 saturated carbocycles. The molecular weight excluding hydrogens is 304 g/mol. The fourth-order valence-electron chi connectivity index (χ4n) is 1.27. The monoisotopic (exact) mass is 318 g/mol. The lowest BCUT2D eigenvalue weighted by Crippen LogP contribution is -2.29. The van der Waals surface area contributed by atoms with Gasteiger partial charge in [0.2, 0.25) is 10.0 Å². The number of ether oxygens (including phenoxy) is 2. The highest BCUT2D eigenvalue weighted by Gasteiger charge is 2.13. The fraction of sp³-hybridized carbons (Fsp3) is 0.273. The van der Waals surface area contributed by atoms with E-state index in [2.05, 4.69) is 9.46 Å². The molecule has 4 N–H and O–H groups in total. The number of hydrogen-bond donors (Lipinski definition) is 3. The lowest BCUT2D eigenvalue weighted by atomic mass is 10.3. The van der Waals surface area contributed by atoms with Crippen LogP contribution in [0.3, 0.4) is 0 Å². The maximum absolute atomic E-state index is 11.8. The van der Waals surface area contributed by atoms with Gasteiger partial charge in [-0.3, -0.25) is 0 Å². The lowest BCUT2D eigenvalue weighted by molar-refractivity contribution is -0.139. The highest BCUT2D eigenvalue weighted by molar-refractivity contribution is 7.89. The van der Waals surface area contributed by atoms with Crippen LogP contribution in [0.25, 0.3) is 0 Å². The number of carbonyl (C=O) groups is 2. The smallest absolute Gasteiger partial charge is 0.404 e. The molecule has 0 aliphatic heterocycles. The average Bonchev–Trinajstić information content (AvgIpc) is 2.41. The minimum atomic E-state index is -3.76. The number of nitrogens with two attached hydrogens (primary N) is 1. The normalized spacial score (nSPS) is 10.9. The van der Waals surface area contributed by atoms with E-state index in [1.54, 1.807) is 0 Å². The van der Waals surface area contributed by atoms with E-state index < -0.39 is 28.7 Å². The molecule has 10 heteroatoms. The number of sulfonamides is 1. The summed E-state index contributed by atoms with van der Waals surface area (Å²) < 4.78 is 35.1. The molecule has 21 heavy (non-hydrogen) atoms. The Morgan fingerprint density at radius 1 is 1.24 bits per heavy atom. The van der Waals surface area contributed by atoms with Gasteiger partial charge < -0.3 is 20.3 Å². The number of hydrogen-bond acceptors (Lipinski definition) is 6. The molecule has 0 aliphatic rings. The Hall–Kier alpha value is -2.33. The second-order valence-corrected chi connectivity index (χ2v) is 5.49. The van der Waals surface area contributed by atoms with Crippen LogP contribution in [-0.2, 0) is 19.6 Å². The summed E-state index contributed by atoms with van der Waals surface area (Å²) >= 11 is 0. The van der Waals surface area contributed by atoms with Gasteiger partial charge in [0.25, 0.3) is 0 Å². The van der Waals surface area contributed by atoms with E-state index in [-0.39, 0.29) is 23.8 Å². The van der Waals surface area contributed by atoms with Gasteiger partial charge in [0.15, 0.2) is 6.61 Å². The van der Waals surface area contributed by atoms with Gasteiger partial charge in [0, 0.05) is 6.54 Å². The molecule has 0 fully saturated rings. The van der Waals surface area contributed by atoms with Crippen LogP contribution in [0, 0.1) is 0 Å². The standard InChI is InChI=1S/C11H14N2O7S/c12-11(16)19-6-5-13-21(17,18)9-3-1-8(2-4-9)20-7-10(14)15/h1-4,13H,5-7H2,(H2,12,16)(H,14,15). The van der Waals surface area contributed by atoms with Crippen molar-refractivity contribution in [2.24, 2.45) is 5.73 Å². The first-order valence-corrected chi connectivity index (χ1v) is 7.16. The summed E-state index contributed by atoms with van der Waals surface area (Å²) in [5, 5.41) is 8.44. The number of benzene rings is 1. The Balaban J connectivity index is 2.58. The predicted molar refractivity (Wildman–Crippen MR) is 70.3 cm³/mol. The van der Waals surface area contributed by atoms with E-state index in [0.717, 1.165) is 0 Å². The van der Waals surface area contributed by atoms with Gasteiger partial charge >= 0.3 is 12.1 Å². The Kier molecular flexibility index (Phi) is 5.93. The summed E-state index contributed by atoms with van der Waals surface area (Å²) in [6.45, 7) is -0.828. The maximum Gasteiger partial charge on any atom is 0.404 e. The Morgan fingerprint density at radius 3 is 2.38 bits per heavy atom. The van der Waals surface area contributed by atoms with Crippen molar-refractivity contribution >= 4 is 22.1 Å². The number of carboxylic acids is 1. The topological polar surface area (TPSA) is 145 Å². The minimum Gasteiger partial charge on any atom is -0.482 e. The van der Waals surface area contributed by atoms with Crippen LogP contribution in [-0.4, -0.2) is 45.3 Å². The summed E-state index contributed by atoms with van der Waals surface area (Å²) in [4.78, 5) is 20.6. The fourth-order valence-corrected chi connectivity index (χ4v) is 2.28. The molecule has 0 unspecified atom stereocenters. The van der Waals surface area contributed by atoms with Gasteiger partial charge in [-0.15, -0.1) is 0 Å². The molecule has 0 bridgehead atoms. The molecular formula is C11H14N2O7S. The van der Waals surface area contributed by atoms with E-state index in [9.17, 15) is 18.0 Å². The summed E-state index contributed by atoms with van der Waals surface area (Å²) in [6, 6.07) is 5.18. The van der Waals surface area contributed by atoms with Gasteiger partial charge in [0.1, 0.15) is 12.4 Å². The number of nitrogens with one attached hydrogen (secondary N) is 1. The summed E-state index contributed by atoms with van der Waals surface area (Å²) in [5.74, 6) is -0.906. The second kappa shape index (κ2) is 7.45. The number of carboxylic acid groups (broad SMARTS) is 1. The Morgan fingerprint density at radius 2 is 1.86 bits per heavy atom. The largest absolute Gasteiger partial charge is 0.482 e. The zero-order chi connectivity index (χ0) is 15.9. The van der Waals surface area contributed by atoms with Gasteiger partial charge in [0.05, 0.1) is 4.90 Å². The molecule has 1 aromatic carbocycles. The molecule has 1 amide bonds. The van der Waals surface area contributed by atoms with Crippen LogP contribution in [0.4, 0.5) is 4.79 Å². The maximum atomic E-state index is 11.8. The van der Waals surface area contributed by atoms with Crippen molar-refractivity contribution in [2.75, 3.05) is 19.8 Å². The molecule has 0 radical (unpaired) electrons. The van der Waals surface area contributed by atoms with Crippen molar-refractivity contribution in [1.29, 1.82) is 0 Å². The summed E-state index contributed by atoms with van der Waals surface area (Å²) in [5.41, 5.74) is 4.73. The molecule has 0 atom stereocenters. The molecule has 0 heterocycles. The number of aliphatic carboxylic acids is 1. The lowest BCUT2D eigenvalue weighted by Gasteiger charge is -2.08. The third-order valence-corrected chi connectivity index (χ3v) is 3.61. The molecule has 9 nitrogen and oxygen atoms in total. The average molecular weight is 318 g/mol. The van der Waals surface area contributed by atoms with Crippen LogP contribution in [0.1, 0.15) is 0 Å². The van der Waals surface area contributed by atoms with Crippen LogP contribution in [0.15, 0.2) is 29.2 Å². The molecule has 0 saturated heterocycles. The van der Waals surface area contributed by atoms with E-state index in [1.807, 2.05) is 0 Å². The van der Waals surface area contributed by atoms with Crippen LogP contribution in [0.2, 0.25) is 0 Å². The van der Waals surface area contributed by atoms with E-state index in [0.29, 0.717) is 0 Å². The molecule has 0 spiro atoms. The van der Waals surface area contributed by atoms with Crippen molar-refractivity contribution in [3.63, 3.8) is 0 Å². The van der Waals surface area contributed by atoms with Crippen molar-refractivity contribution < 1.29 is 32.6 Å². The summed E-state index contributed by atoms with van der Waals surface area (Å²) in [6.07, 6.45) is -0.992. The third kappa shape index (κ3) is 6.10. The quantitative estimate of drug-likeness (QED) is 0.549. The van der Waals surface area contributed by atoms with Gasteiger partial charge in [-0.2, -0.15) is 0 Å². The molecule has 116 valence electrons. The van der Waals surface area contributed by atoms with Crippen molar-refractivity contribution in [2.45, 2.75) is 4.90 Å². The van der Waals surface area contributed by atoms with Crippen LogP contribution >= 0.6 is 0 Å². The summed E-state index contributed by atoms with van der Waals surface area (Å²) in [7, 11) is -3.76. The van der Waals surface area contributed by atoms with Crippen LogP contribution < -0.4 is 15.2 Å². The molecule has 0 aliphatic carbocycles. The Labute approximate surface area is 120 Å². The second-order valence-electron chi connectivity index (χ2n) is 3.72. The van der Waals surface area contributed by atoms with Crippen LogP contribution in [0.5, 0.6) is 5.75 Å². The SMILES string of the molecule is NC(=O)OCCNS(=O)(=O)c1ccc(OCC(=O)O)cc1. The van der Waals surface area contributed by atoms with Crippen molar-refractivity contribution in [3.05, 3.63) is 24.3 Å². The molecule has 1 rings (SSSR count). The highest BCUT2D eigenvalue weighted by Crippen LogP contribution is 2.15. The van der Waals surface area contributed by atoms with E-state index >= 15 is 0 Å². The molecule has 0 aromatic heterocycles. The van der Waals surface area contributed by atoms with E-state index in [4.69, 9.17) is 15.6 Å². The first kappa shape index (κ1) is 16.7. The zero-order valence-electron chi connectivity index (χ0n) is 10.8. The predicted octanol–water partition coefficient (Wildman–Crippen LogP) is -0.476. The number of amides is 1. The zero-order valence-corrected chi connectivity index (χ0v) is 11.6. The van der Waals surface area contributed by atoms with Gasteiger partial charge in [-0.05, 0) is 24.3 Å². The first-order valence-electron chi connectivity index (χ1n) is 5.68. The number of primary amides is 1. The Bertz CT molecular complexity index is 598. The molecule has 1 aromatic rings. The first-order chi connectivity index (χ1) is 9.81. The van der Waals surface area contributed by atoms with Crippen molar-refractivity contribution in [3.8, 4) is 5.75 Å². The van der Waals surface area contributed by atoms with Gasteiger partial charge in [-0.25, -0.2) is 22.7 Å². The highest BCUT2D eigenvalue weighted by atomic mass is 32.2.